The zero-order chi connectivity index (χ0) is 21.4. The lowest BCUT2D eigenvalue weighted by Crippen LogP contribution is -2.27. The second kappa shape index (κ2) is 8.32. The maximum absolute atomic E-state index is 13.1. The SMILES string of the molecule is O=C1C(Oc2ccc(Cl)cc2Cl)=C(Oc2ccc(Cl)cc2Cl)C(=O)c2ccccc21. The van der Waals surface area contributed by atoms with Gasteiger partial charge in [-0.1, -0.05) is 70.7 Å². The summed E-state index contributed by atoms with van der Waals surface area (Å²) in [6, 6.07) is 15.4. The summed E-state index contributed by atoms with van der Waals surface area (Å²) in [4.78, 5) is 26.3. The molecule has 0 unspecified atom stereocenters. The van der Waals surface area contributed by atoms with Crippen molar-refractivity contribution in [2.75, 3.05) is 0 Å². The summed E-state index contributed by atoms with van der Waals surface area (Å²) in [5, 5.41) is 1.11. The molecule has 1 aliphatic carbocycles. The van der Waals surface area contributed by atoms with E-state index in [1.54, 1.807) is 24.3 Å². The number of benzene rings is 3. The van der Waals surface area contributed by atoms with Gasteiger partial charge in [-0.2, -0.15) is 0 Å². The lowest BCUT2D eigenvalue weighted by molar-refractivity contribution is 0.0897. The van der Waals surface area contributed by atoms with Gasteiger partial charge >= 0.3 is 0 Å². The predicted octanol–water partition coefficient (Wildman–Crippen LogP) is 7.05. The molecule has 4 rings (SSSR count). The van der Waals surface area contributed by atoms with Crippen LogP contribution in [-0.2, 0) is 0 Å². The molecular formula is C22H10Cl4O4. The third-order valence-corrected chi connectivity index (χ3v) is 5.31. The van der Waals surface area contributed by atoms with Crippen molar-refractivity contribution in [3.63, 3.8) is 0 Å². The maximum Gasteiger partial charge on any atom is 0.233 e. The zero-order valence-electron chi connectivity index (χ0n) is 14.9. The highest BCUT2D eigenvalue weighted by atomic mass is 35.5. The number of allylic oxidation sites excluding steroid dienone is 2. The number of hydrogen-bond donors (Lipinski definition) is 0. The second-order valence-electron chi connectivity index (χ2n) is 6.22. The van der Waals surface area contributed by atoms with E-state index in [0.717, 1.165) is 0 Å². The van der Waals surface area contributed by atoms with E-state index in [0.29, 0.717) is 10.0 Å². The number of halogens is 4. The molecule has 0 atom stereocenters. The molecule has 0 saturated heterocycles. The van der Waals surface area contributed by atoms with E-state index in [1.165, 1.54) is 36.4 Å². The van der Waals surface area contributed by atoms with Crippen LogP contribution in [0.4, 0.5) is 0 Å². The van der Waals surface area contributed by atoms with E-state index >= 15 is 0 Å². The first kappa shape index (κ1) is 20.8. The molecule has 0 radical (unpaired) electrons. The lowest BCUT2D eigenvalue weighted by Gasteiger charge is -2.21. The quantitative estimate of drug-likeness (QED) is 0.402. The van der Waals surface area contributed by atoms with Crippen LogP contribution in [0.25, 0.3) is 0 Å². The smallest absolute Gasteiger partial charge is 0.233 e. The van der Waals surface area contributed by atoms with Crippen LogP contribution >= 0.6 is 46.4 Å². The highest BCUT2D eigenvalue weighted by Crippen LogP contribution is 2.36. The number of ether oxygens (including phenoxy) is 2. The first-order valence-electron chi connectivity index (χ1n) is 8.53. The molecule has 4 nitrogen and oxygen atoms in total. The molecule has 30 heavy (non-hydrogen) atoms. The van der Waals surface area contributed by atoms with Gasteiger partial charge in [0.25, 0.3) is 0 Å². The number of hydrogen-bond acceptors (Lipinski definition) is 4. The summed E-state index contributed by atoms with van der Waals surface area (Å²) in [6.45, 7) is 0. The lowest BCUT2D eigenvalue weighted by atomic mass is 9.92. The molecule has 0 aliphatic heterocycles. The van der Waals surface area contributed by atoms with E-state index in [4.69, 9.17) is 55.9 Å². The van der Waals surface area contributed by atoms with Crippen LogP contribution in [0.5, 0.6) is 11.5 Å². The Balaban J connectivity index is 1.85. The Kier molecular flexibility index (Phi) is 5.76. The molecule has 3 aromatic rings. The average molecular weight is 480 g/mol. The molecule has 0 saturated carbocycles. The van der Waals surface area contributed by atoms with Crippen molar-refractivity contribution >= 4 is 58.0 Å². The fourth-order valence-corrected chi connectivity index (χ4v) is 3.75. The molecule has 0 aromatic heterocycles. The molecule has 0 N–H and O–H groups in total. The average Bonchev–Trinajstić information content (AvgIpc) is 2.71. The van der Waals surface area contributed by atoms with Gasteiger partial charge < -0.3 is 9.47 Å². The second-order valence-corrected chi connectivity index (χ2v) is 7.90. The van der Waals surface area contributed by atoms with Crippen molar-refractivity contribution < 1.29 is 19.1 Å². The number of carbonyl (C=O) groups is 2. The summed E-state index contributed by atoms with van der Waals surface area (Å²) in [5.74, 6) is -1.41. The fourth-order valence-electron chi connectivity index (χ4n) is 2.85. The summed E-state index contributed by atoms with van der Waals surface area (Å²) in [5.41, 5.74) is 0.384. The van der Waals surface area contributed by atoms with Crippen molar-refractivity contribution in [3.05, 3.63) is 103 Å². The van der Waals surface area contributed by atoms with Crippen molar-refractivity contribution in [2.24, 2.45) is 0 Å². The summed E-state index contributed by atoms with van der Waals surface area (Å²) in [7, 11) is 0. The van der Waals surface area contributed by atoms with Crippen LogP contribution in [0.15, 0.2) is 72.2 Å². The van der Waals surface area contributed by atoms with Crippen LogP contribution in [0, 0.1) is 0 Å². The van der Waals surface area contributed by atoms with E-state index in [2.05, 4.69) is 0 Å². The van der Waals surface area contributed by atoms with Gasteiger partial charge in [0, 0.05) is 21.2 Å². The van der Waals surface area contributed by atoms with Crippen molar-refractivity contribution in [2.45, 2.75) is 0 Å². The molecule has 1 aliphatic rings. The third-order valence-electron chi connectivity index (χ3n) is 4.25. The topological polar surface area (TPSA) is 52.6 Å². The number of fused-ring (bicyclic) bond motifs is 1. The Morgan fingerprint density at radius 2 is 0.967 bits per heavy atom. The molecule has 0 bridgehead atoms. The number of ketones is 2. The Morgan fingerprint density at radius 3 is 1.33 bits per heavy atom. The van der Waals surface area contributed by atoms with Gasteiger partial charge in [-0.3, -0.25) is 9.59 Å². The zero-order valence-corrected chi connectivity index (χ0v) is 17.9. The number of carbonyl (C=O) groups excluding carboxylic acids is 2. The van der Waals surface area contributed by atoms with Gasteiger partial charge in [0.2, 0.25) is 23.1 Å². The van der Waals surface area contributed by atoms with Crippen molar-refractivity contribution in [1.29, 1.82) is 0 Å². The van der Waals surface area contributed by atoms with Gasteiger partial charge in [0.1, 0.15) is 11.5 Å². The highest BCUT2D eigenvalue weighted by molar-refractivity contribution is 6.36. The first-order chi connectivity index (χ1) is 14.3. The third kappa shape index (κ3) is 3.92. The summed E-state index contributed by atoms with van der Waals surface area (Å²) >= 11 is 24.2. The standard InChI is InChI=1S/C22H10Cl4O4/c23-11-5-7-17(15(25)9-11)29-21-19(27)13-3-1-2-4-14(13)20(28)22(21)30-18-8-6-12(24)10-16(18)26/h1-10H. The van der Waals surface area contributed by atoms with Gasteiger partial charge in [-0.05, 0) is 36.4 Å². The summed E-state index contributed by atoms with van der Waals surface area (Å²) < 4.78 is 11.5. The van der Waals surface area contributed by atoms with Crippen LogP contribution in [0.1, 0.15) is 20.7 Å². The normalized spacial score (nSPS) is 13.3. The van der Waals surface area contributed by atoms with E-state index in [9.17, 15) is 9.59 Å². The minimum atomic E-state index is -0.531. The molecular weight excluding hydrogens is 470 g/mol. The Labute approximate surface area is 191 Å². The number of rotatable bonds is 4. The van der Waals surface area contributed by atoms with E-state index in [-0.39, 0.29) is 44.2 Å². The fraction of sp³-hybridized carbons (Fsp3) is 0. The first-order valence-corrected chi connectivity index (χ1v) is 10.0. The molecule has 150 valence electrons. The van der Waals surface area contributed by atoms with Crippen molar-refractivity contribution in [1.82, 2.24) is 0 Å². The monoisotopic (exact) mass is 478 g/mol. The number of Topliss-reactive ketones (excluding diaryl/α,β-unsaturated/α-hetero) is 2. The van der Waals surface area contributed by atoms with E-state index < -0.39 is 11.6 Å². The van der Waals surface area contributed by atoms with Crippen LogP contribution in [-0.4, -0.2) is 11.6 Å². The molecule has 8 heteroatoms. The Hall–Kier alpha value is -2.50. The predicted molar refractivity (Wildman–Crippen MR) is 116 cm³/mol. The largest absolute Gasteiger partial charge is 0.448 e. The molecule has 3 aromatic carbocycles. The molecule has 0 amide bonds. The Morgan fingerprint density at radius 1 is 0.567 bits per heavy atom. The van der Waals surface area contributed by atoms with Gasteiger partial charge in [0.05, 0.1) is 10.0 Å². The van der Waals surface area contributed by atoms with Gasteiger partial charge in [-0.25, -0.2) is 0 Å². The maximum atomic E-state index is 13.1. The van der Waals surface area contributed by atoms with Gasteiger partial charge in [0.15, 0.2) is 0 Å². The molecule has 0 heterocycles. The summed E-state index contributed by atoms with van der Waals surface area (Å²) in [6.07, 6.45) is 0. The highest BCUT2D eigenvalue weighted by Gasteiger charge is 2.36. The Bertz CT molecular complexity index is 1140. The van der Waals surface area contributed by atoms with Gasteiger partial charge in [-0.15, -0.1) is 0 Å². The minimum absolute atomic E-state index is 0.139. The molecule has 0 spiro atoms. The van der Waals surface area contributed by atoms with E-state index in [1.807, 2.05) is 0 Å². The van der Waals surface area contributed by atoms with Crippen LogP contribution in [0.2, 0.25) is 20.1 Å². The van der Waals surface area contributed by atoms with Crippen LogP contribution < -0.4 is 9.47 Å². The molecule has 0 fully saturated rings. The van der Waals surface area contributed by atoms with Crippen LogP contribution in [0.3, 0.4) is 0 Å². The minimum Gasteiger partial charge on any atom is -0.448 e. The van der Waals surface area contributed by atoms with Crippen molar-refractivity contribution in [3.8, 4) is 11.5 Å².